The van der Waals surface area contributed by atoms with E-state index in [1.54, 1.807) is 17.8 Å². The first-order chi connectivity index (χ1) is 12.5. The minimum Gasteiger partial charge on any atom is -0.464 e. The summed E-state index contributed by atoms with van der Waals surface area (Å²) >= 11 is 1.36. The average molecular weight is 368 g/mol. The summed E-state index contributed by atoms with van der Waals surface area (Å²) in [5.41, 5.74) is 4.08. The predicted molar refractivity (Wildman–Crippen MR) is 98.5 cm³/mol. The standard InChI is InChI=1S/C19H16N2O4S/c1-11-5-15-13(9-24-16(15)6-12(11)2)7-18(23)25-10-14-8-17(22)21-3-4-26-19(21)20-14/h3-6,8-9H,7,10H2,1-2H3. The molecule has 0 atom stereocenters. The number of esters is 1. The van der Waals surface area contributed by atoms with Gasteiger partial charge in [-0.2, -0.15) is 0 Å². The fraction of sp³-hybridized carbons (Fsp3) is 0.211. The molecule has 4 aromatic rings. The molecular formula is C19H16N2O4S. The van der Waals surface area contributed by atoms with Crippen LogP contribution >= 0.6 is 11.3 Å². The number of benzene rings is 1. The molecule has 4 rings (SSSR count). The molecule has 0 saturated carbocycles. The Bertz CT molecular complexity index is 1190. The van der Waals surface area contributed by atoms with Crippen LogP contribution < -0.4 is 5.56 Å². The molecule has 0 aliphatic heterocycles. The van der Waals surface area contributed by atoms with Gasteiger partial charge in [-0.3, -0.25) is 14.0 Å². The Kier molecular flexibility index (Phi) is 4.08. The Morgan fingerprint density at radius 3 is 2.92 bits per heavy atom. The van der Waals surface area contributed by atoms with Crippen molar-refractivity contribution in [3.8, 4) is 0 Å². The van der Waals surface area contributed by atoms with Crippen LogP contribution in [0.3, 0.4) is 0 Å². The first-order valence-corrected chi connectivity index (χ1v) is 8.98. The first-order valence-electron chi connectivity index (χ1n) is 8.10. The molecule has 0 radical (unpaired) electrons. The van der Waals surface area contributed by atoms with Crippen LogP contribution in [0.15, 0.2) is 45.3 Å². The van der Waals surface area contributed by atoms with Gasteiger partial charge in [0, 0.05) is 28.6 Å². The van der Waals surface area contributed by atoms with E-state index in [1.807, 2.05) is 26.0 Å². The van der Waals surface area contributed by atoms with Gasteiger partial charge >= 0.3 is 5.97 Å². The van der Waals surface area contributed by atoms with Crippen LogP contribution in [0.2, 0.25) is 0 Å². The van der Waals surface area contributed by atoms with Crippen molar-refractivity contribution in [1.29, 1.82) is 0 Å². The molecule has 1 aromatic carbocycles. The first kappa shape index (κ1) is 16.5. The predicted octanol–water partition coefficient (Wildman–Crippen LogP) is 3.40. The number of hydrogen-bond acceptors (Lipinski definition) is 6. The Labute approximate surface area is 152 Å². The van der Waals surface area contributed by atoms with E-state index in [9.17, 15) is 9.59 Å². The largest absolute Gasteiger partial charge is 0.464 e. The number of thiazole rings is 1. The molecular weight excluding hydrogens is 352 g/mol. The van der Waals surface area contributed by atoms with E-state index in [0.717, 1.165) is 27.7 Å². The quantitative estimate of drug-likeness (QED) is 0.516. The second-order valence-corrected chi connectivity index (χ2v) is 7.05. The Morgan fingerprint density at radius 1 is 1.27 bits per heavy atom. The lowest BCUT2D eigenvalue weighted by molar-refractivity contribution is -0.144. The zero-order chi connectivity index (χ0) is 18.3. The van der Waals surface area contributed by atoms with Crippen molar-refractivity contribution in [2.24, 2.45) is 0 Å². The SMILES string of the molecule is Cc1cc2occ(CC(=O)OCc3cc(=O)n4ccsc4n3)c2cc1C. The van der Waals surface area contributed by atoms with E-state index in [0.29, 0.717) is 10.7 Å². The molecule has 0 amide bonds. The van der Waals surface area contributed by atoms with Gasteiger partial charge in [0.15, 0.2) is 4.96 Å². The molecule has 0 saturated heterocycles. The van der Waals surface area contributed by atoms with E-state index < -0.39 is 0 Å². The number of carbonyl (C=O) groups excluding carboxylic acids is 1. The lowest BCUT2D eigenvalue weighted by atomic mass is 10.0. The maximum Gasteiger partial charge on any atom is 0.310 e. The number of hydrogen-bond donors (Lipinski definition) is 0. The Balaban J connectivity index is 1.48. The molecule has 0 aliphatic carbocycles. The summed E-state index contributed by atoms with van der Waals surface area (Å²) in [6.45, 7) is 4.01. The second-order valence-electron chi connectivity index (χ2n) is 6.17. The minimum atomic E-state index is -0.390. The molecule has 6 nitrogen and oxygen atoms in total. The molecule has 0 bridgehead atoms. The van der Waals surface area contributed by atoms with Crippen molar-refractivity contribution in [2.45, 2.75) is 26.9 Å². The number of nitrogens with zero attached hydrogens (tertiary/aromatic N) is 2. The van der Waals surface area contributed by atoms with Gasteiger partial charge in [-0.1, -0.05) is 0 Å². The fourth-order valence-corrected chi connectivity index (χ4v) is 3.53. The van der Waals surface area contributed by atoms with Gasteiger partial charge in [0.2, 0.25) is 0 Å². The van der Waals surface area contributed by atoms with Crippen molar-refractivity contribution in [2.75, 3.05) is 0 Å². The zero-order valence-corrected chi connectivity index (χ0v) is 15.1. The molecule has 3 aromatic heterocycles. The zero-order valence-electron chi connectivity index (χ0n) is 14.3. The maximum atomic E-state index is 12.2. The second kappa shape index (κ2) is 6.42. The summed E-state index contributed by atoms with van der Waals surface area (Å²) in [5, 5.41) is 2.70. The third kappa shape index (κ3) is 3.01. The third-order valence-electron chi connectivity index (χ3n) is 4.34. The molecule has 0 fully saturated rings. The molecule has 0 N–H and O–H groups in total. The molecule has 0 aliphatic rings. The molecule has 7 heteroatoms. The van der Waals surface area contributed by atoms with Crippen LogP contribution in [0, 0.1) is 13.8 Å². The van der Waals surface area contributed by atoms with Crippen LogP contribution in [-0.2, 0) is 22.6 Å². The number of aryl methyl sites for hydroxylation is 2. The number of furan rings is 1. The highest BCUT2D eigenvalue weighted by molar-refractivity contribution is 7.15. The Hall–Kier alpha value is -2.93. The highest BCUT2D eigenvalue weighted by Gasteiger charge is 2.13. The number of rotatable bonds is 4. The number of fused-ring (bicyclic) bond motifs is 2. The highest BCUT2D eigenvalue weighted by Crippen LogP contribution is 2.25. The smallest absolute Gasteiger partial charge is 0.310 e. The van der Waals surface area contributed by atoms with Gasteiger partial charge < -0.3 is 9.15 Å². The third-order valence-corrected chi connectivity index (χ3v) is 5.10. The van der Waals surface area contributed by atoms with Crippen molar-refractivity contribution < 1.29 is 13.9 Å². The van der Waals surface area contributed by atoms with Crippen LogP contribution in [0.4, 0.5) is 0 Å². The monoisotopic (exact) mass is 368 g/mol. The van der Waals surface area contributed by atoms with Gasteiger partial charge in [-0.25, -0.2) is 4.98 Å². The lowest BCUT2D eigenvalue weighted by Crippen LogP contribution is -2.15. The molecule has 0 unspecified atom stereocenters. The van der Waals surface area contributed by atoms with Crippen LogP contribution in [0.1, 0.15) is 22.4 Å². The van der Waals surface area contributed by atoms with E-state index in [4.69, 9.17) is 9.15 Å². The maximum absolute atomic E-state index is 12.2. The summed E-state index contributed by atoms with van der Waals surface area (Å²) in [6.07, 6.45) is 3.36. The van der Waals surface area contributed by atoms with Crippen LogP contribution in [-0.4, -0.2) is 15.4 Å². The van der Waals surface area contributed by atoms with E-state index >= 15 is 0 Å². The topological polar surface area (TPSA) is 73.8 Å². The summed E-state index contributed by atoms with van der Waals surface area (Å²) in [5.74, 6) is -0.390. The minimum absolute atomic E-state index is 0.0314. The number of aromatic nitrogens is 2. The van der Waals surface area contributed by atoms with Crippen molar-refractivity contribution in [3.63, 3.8) is 0 Å². The highest BCUT2D eigenvalue weighted by atomic mass is 32.1. The normalized spacial score (nSPS) is 11.3. The molecule has 0 spiro atoms. The van der Waals surface area contributed by atoms with Gasteiger partial charge in [0.25, 0.3) is 5.56 Å². The van der Waals surface area contributed by atoms with Crippen molar-refractivity contribution in [3.05, 3.63) is 68.8 Å². The number of carbonyl (C=O) groups is 1. The molecule has 3 heterocycles. The van der Waals surface area contributed by atoms with Crippen molar-refractivity contribution in [1.82, 2.24) is 9.38 Å². The van der Waals surface area contributed by atoms with Gasteiger partial charge in [0.1, 0.15) is 12.2 Å². The summed E-state index contributed by atoms with van der Waals surface area (Å²) < 4.78 is 12.3. The summed E-state index contributed by atoms with van der Waals surface area (Å²) in [7, 11) is 0. The summed E-state index contributed by atoms with van der Waals surface area (Å²) in [6, 6.07) is 5.36. The van der Waals surface area contributed by atoms with Gasteiger partial charge in [-0.15, -0.1) is 11.3 Å². The molecule has 132 valence electrons. The number of ether oxygens (including phenoxy) is 1. The van der Waals surface area contributed by atoms with E-state index in [2.05, 4.69) is 4.98 Å². The van der Waals surface area contributed by atoms with Crippen molar-refractivity contribution >= 4 is 33.2 Å². The average Bonchev–Trinajstić information content (AvgIpc) is 3.22. The van der Waals surface area contributed by atoms with Gasteiger partial charge in [0.05, 0.1) is 18.4 Å². The summed E-state index contributed by atoms with van der Waals surface area (Å²) in [4.78, 5) is 29.1. The van der Waals surface area contributed by atoms with E-state index in [1.165, 1.54) is 21.8 Å². The Morgan fingerprint density at radius 2 is 2.08 bits per heavy atom. The van der Waals surface area contributed by atoms with E-state index in [-0.39, 0.29) is 24.6 Å². The molecule has 26 heavy (non-hydrogen) atoms. The lowest BCUT2D eigenvalue weighted by Gasteiger charge is -2.04. The van der Waals surface area contributed by atoms with Gasteiger partial charge in [-0.05, 0) is 37.1 Å². The van der Waals surface area contributed by atoms with Crippen LogP contribution in [0.5, 0.6) is 0 Å². The fourth-order valence-electron chi connectivity index (χ4n) is 2.80. The van der Waals surface area contributed by atoms with Crippen LogP contribution in [0.25, 0.3) is 15.9 Å².